The summed E-state index contributed by atoms with van der Waals surface area (Å²) >= 11 is 0. The minimum atomic E-state index is -2.56. The molecule has 4 rings (SSSR count). The van der Waals surface area contributed by atoms with E-state index >= 15 is 0 Å². The van der Waals surface area contributed by atoms with Gasteiger partial charge in [0.15, 0.2) is 0 Å². The summed E-state index contributed by atoms with van der Waals surface area (Å²) in [4.78, 5) is 1.97. The number of hydrogen-bond donors (Lipinski definition) is 1. The minimum Gasteiger partial charge on any atom is -0.396 e. The van der Waals surface area contributed by atoms with Crippen LogP contribution in [0.3, 0.4) is 0 Å². The maximum atomic E-state index is 12.9. The van der Waals surface area contributed by atoms with Crippen molar-refractivity contribution in [3.8, 4) is 0 Å². The molecule has 0 bridgehead atoms. The molecular weight excluding hydrogens is 390 g/mol. The molecular formula is C21H21F4NO3. The number of aliphatic hydroxyl groups is 1. The van der Waals surface area contributed by atoms with Gasteiger partial charge in [-0.3, -0.25) is 0 Å². The fraction of sp³-hybridized carbons (Fsp3) is 0.429. The Bertz CT molecular complexity index is 765. The van der Waals surface area contributed by atoms with E-state index in [1.54, 1.807) is 24.3 Å². The molecule has 0 spiro atoms. The summed E-state index contributed by atoms with van der Waals surface area (Å²) in [7, 11) is 0. The molecule has 0 aliphatic carbocycles. The molecule has 0 aromatic heterocycles. The lowest BCUT2D eigenvalue weighted by Crippen LogP contribution is -2.45. The zero-order valence-corrected chi connectivity index (χ0v) is 15.5. The summed E-state index contributed by atoms with van der Waals surface area (Å²) in [6.07, 6.45) is -5.83. The summed E-state index contributed by atoms with van der Waals surface area (Å²) in [6, 6.07) is 11.8. The van der Waals surface area contributed by atoms with E-state index in [1.807, 2.05) is 4.90 Å². The first kappa shape index (κ1) is 20.3. The number of fused-ring (bicyclic) bond motifs is 1. The number of hydrogen-bond acceptors (Lipinski definition) is 4. The standard InChI is InChI=1S/C21H21F4NO3/c22-17(23)13-1-5-15(6-2-13)19-26-20(16-7-3-14(4-8-16)18(24)25)29-12-21(26,9-10-27)11-28-19/h1-8,17-20,27H,9-12H2/t19-,20?,21?/m0/s1. The van der Waals surface area contributed by atoms with Gasteiger partial charge in [0.25, 0.3) is 12.9 Å². The number of halogens is 4. The number of alkyl halides is 4. The highest BCUT2D eigenvalue weighted by Crippen LogP contribution is 2.50. The minimum absolute atomic E-state index is 0.0721. The summed E-state index contributed by atoms with van der Waals surface area (Å²) < 4.78 is 63.5. The molecule has 0 saturated carbocycles. The first-order valence-electron chi connectivity index (χ1n) is 9.34. The zero-order chi connectivity index (χ0) is 20.6. The Morgan fingerprint density at radius 2 is 1.24 bits per heavy atom. The molecule has 1 N–H and O–H groups in total. The maximum Gasteiger partial charge on any atom is 0.263 e. The van der Waals surface area contributed by atoms with Crippen LogP contribution < -0.4 is 0 Å². The molecule has 156 valence electrons. The van der Waals surface area contributed by atoms with Gasteiger partial charge in [0.2, 0.25) is 0 Å². The van der Waals surface area contributed by atoms with E-state index in [9.17, 15) is 22.7 Å². The van der Waals surface area contributed by atoms with Crippen LogP contribution in [0.2, 0.25) is 0 Å². The van der Waals surface area contributed by atoms with Gasteiger partial charge in [-0.15, -0.1) is 0 Å². The number of benzene rings is 2. The van der Waals surface area contributed by atoms with Crippen molar-refractivity contribution < 1.29 is 32.1 Å². The molecule has 2 aromatic carbocycles. The van der Waals surface area contributed by atoms with Crippen molar-refractivity contribution in [2.75, 3.05) is 19.8 Å². The van der Waals surface area contributed by atoms with Gasteiger partial charge in [-0.1, -0.05) is 48.5 Å². The molecule has 2 heterocycles. The Morgan fingerprint density at radius 3 is 1.59 bits per heavy atom. The fourth-order valence-electron chi connectivity index (χ4n) is 4.05. The Kier molecular flexibility index (Phi) is 5.61. The Labute approximate surface area is 165 Å². The van der Waals surface area contributed by atoms with E-state index in [0.29, 0.717) is 30.8 Å². The number of aliphatic hydroxyl groups excluding tert-OH is 1. The molecule has 29 heavy (non-hydrogen) atoms. The monoisotopic (exact) mass is 411 g/mol. The SMILES string of the molecule is OCCC12COC(c3ccc(C(F)F)cc3)N1[C@H](c1ccc(C(F)F)cc1)OC2. The van der Waals surface area contributed by atoms with Crippen molar-refractivity contribution in [2.24, 2.45) is 0 Å². The average Bonchev–Trinajstić information content (AvgIpc) is 3.25. The maximum absolute atomic E-state index is 12.9. The van der Waals surface area contributed by atoms with Crippen LogP contribution in [0.4, 0.5) is 17.6 Å². The van der Waals surface area contributed by atoms with Crippen molar-refractivity contribution >= 4 is 0 Å². The predicted octanol–water partition coefficient (Wildman–Crippen LogP) is 4.74. The Balaban J connectivity index is 1.67. The van der Waals surface area contributed by atoms with E-state index < -0.39 is 30.8 Å². The van der Waals surface area contributed by atoms with Gasteiger partial charge < -0.3 is 14.6 Å². The third-order valence-corrected chi connectivity index (χ3v) is 5.60. The lowest BCUT2D eigenvalue weighted by molar-refractivity contribution is -0.0623. The smallest absolute Gasteiger partial charge is 0.263 e. The lowest BCUT2D eigenvalue weighted by Gasteiger charge is -2.34. The Hall–Kier alpha value is -2.00. The molecule has 2 aromatic rings. The second-order valence-electron chi connectivity index (χ2n) is 7.37. The van der Waals surface area contributed by atoms with Crippen molar-refractivity contribution in [1.82, 2.24) is 4.90 Å². The summed E-state index contributed by atoms with van der Waals surface area (Å²) in [5.74, 6) is 0. The molecule has 3 atom stereocenters. The summed E-state index contributed by atoms with van der Waals surface area (Å²) in [6.45, 7) is 0.540. The van der Waals surface area contributed by atoms with E-state index in [2.05, 4.69) is 0 Å². The van der Waals surface area contributed by atoms with Crippen molar-refractivity contribution in [3.05, 3.63) is 70.8 Å². The largest absolute Gasteiger partial charge is 0.396 e. The highest BCUT2D eigenvalue weighted by molar-refractivity contribution is 5.30. The first-order chi connectivity index (χ1) is 13.9. The van der Waals surface area contributed by atoms with E-state index in [4.69, 9.17) is 9.47 Å². The van der Waals surface area contributed by atoms with Gasteiger partial charge in [0.1, 0.15) is 12.5 Å². The third-order valence-electron chi connectivity index (χ3n) is 5.60. The molecule has 4 nitrogen and oxygen atoms in total. The average molecular weight is 411 g/mol. The zero-order valence-electron chi connectivity index (χ0n) is 15.5. The van der Waals surface area contributed by atoms with Crippen LogP contribution in [0.5, 0.6) is 0 Å². The summed E-state index contributed by atoms with van der Waals surface area (Å²) in [5, 5.41) is 9.57. The van der Waals surface area contributed by atoms with E-state index in [1.165, 1.54) is 24.3 Å². The van der Waals surface area contributed by atoms with Crippen LogP contribution in [0.1, 0.15) is 54.0 Å². The Morgan fingerprint density at radius 1 is 0.828 bits per heavy atom. The predicted molar refractivity (Wildman–Crippen MR) is 96.5 cm³/mol. The van der Waals surface area contributed by atoms with Crippen LogP contribution in [0.15, 0.2) is 48.5 Å². The van der Waals surface area contributed by atoms with Gasteiger partial charge in [0.05, 0.1) is 18.8 Å². The fourth-order valence-corrected chi connectivity index (χ4v) is 4.05. The lowest BCUT2D eigenvalue weighted by atomic mass is 9.96. The van der Waals surface area contributed by atoms with Crippen molar-refractivity contribution in [2.45, 2.75) is 37.3 Å². The second kappa shape index (κ2) is 8.02. The molecule has 0 radical (unpaired) electrons. The quantitative estimate of drug-likeness (QED) is 0.697. The van der Waals surface area contributed by atoms with E-state index in [0.717, 1.165) is 0 Å². The molecule has 0 amide bonds. The van der Waals surface area contributed by atoms with Crippen LogP contribution in [-0.2, 0) is 9.47 Å². The number of ether oxygens (including phenoxy) is 2. The topological polar surface area (TPSA) is 41.9 Å². The van der Waals surface area contributed by atoms with E-state index in [-0.39, 0.29) is 17.7 Å². The van der Waals surface area contributed by atoms with Gasteiger partial charge in [-0.05, 0) is 17.5 Å². The molecule has 2 unspecified atom stereocenters. The molecule has 2 aliphatic heterocycles. The first-order valence-corrected chi connectivity index (χ1v) is 9.34. The van der Waals surface area contributed by atoms with Crippen LogP contribution >= 0.6 is 0 Å². The van der Waals surface area contributed by atoms with Crippen LogP contribution in [-0.4, -0.2) is 35.4 Å². The van der Waals surface area contributed by atoms with Gasteiger partial charge in [-0.2, -0.15) is 0 Å². The number of rotatable bonds is 6. The van der Waals surface area contributed by atoms with Crippen molar-refractivity contribution in [1.29, 1.82) is 0 Å². The highest BCUT2D eigenvalue weighted by atomic mass is 19.3. The number of nitrogens with zero attached hydrogens (tertiary/aromatic N) is 1. The third kappa shape index (κ3) is 3.66. The molecule has 2 fully saturated rings. The normalized spacial score (nSPS) is 27.1. The molecule has 2 aliphatic rings. The second-order valence-corrected chi connectivity index (χ2v) is 7.37. The highest BCUT2D eigenvalue weighted by Gasteiger charge is 2.56. The van der Waals surface area contributed by atoms with Gasteiger partial charge in [0, 0.05) is 17.7 Å². The van der Waals surface area contributed by atoms with Gasteiger partial charge in [-0.25, -0.2) is 22.5 Å². The van der Waals surface area contributed by atoms with Crippen molar-refractivity contribution in [3.63, 3.8) is 0 Å². The van der Waals surface area contributed by atoms with Gasteiger partial charge >= 0.3 is 0 Å². The molecule has 2 saturated heterocycles. The van der Waals surface area contributed by atoms with Crippen LogP contribution in [0.25, 0.3) is 0 Å². The summed E-state index contributed by atoms with van der Waals surface area (Å²) in [5.41, 5.74) is 0.644. The molecule has 8 heteroatoms. The van der Waals surface area contributed by atoms with Crippen LogP contribution in [0, 0.1) is 0 Å².